The van der Waals surface area contributed by atoms with Gasteiger partial charge in [0, 0.05) is 23.6 Å². The molecule has 5 heteroatoms. The number of likely N-dealkylation sites (N-methyl/N-ethyl adjacent to an activating group) is 1. The van der Waals surface area contributed by atoms with Gasteiger partial charge in [-0.05, 0) is 37.5 Å². The van der Waals surface area contributed by atoms with Gasteiger partial charge in [-0.15, -0.1) is 0 Å². The van der Waals surface area contributed by atoms with E-state index in [2.05, 4.69) is 15.9 Å². The van der Waals surface area contributed by atoms with Crippen LogP contribution in [0.25, 0.3) is 0 Å². The number of amides is 1. The van der Waals surface area contributed by atoms with E-state index >= 15 is 0 Å². The molecule has 1 N–H and O–H groups in total. The third-order valence-electron chi connectivity index (χ3n) is 3.45. The highest BCUT2D eigenvalue weighted by Crippen LogP contribution is 2.36. The standard InChI is InChI=1S/C14H20BrNO3/c1-8-9(2)14(19-5)11(10(3)13(8)15)6-16(4)12(18)7-17/h17H,6-7H2,1-5H3. The molecule has 1 rings (SSSR count). The first kappa shape index (κ1) is 16.0. The monoisotopic (exact) mass is 329 g/mol. The van der Waals surface area contributed by atoms with Gasteiger partial charge in [0.2, 0.25) is 5.91 Å². The minimum atomic E-state index is -0.482. The Bertz CT molecular complexity index is 500. The first-order valence-electron chi connectivity index (χ1n) is 6.02. The Morgan fingerprint density at radius 1 is 1.26 bits per heavy atom. The summed E-state index contributed by atoms with van der Waals surface area (Å²) in [5.74, 6) is 0.492. The summed E-state index contributed by atoms with van der Waals surface area (Å²) in [6.07, 6.45) is 0. The molecular weight excluding hydrogens is 310 g/mol. The number of rotatable bonds is 4. The highest BCUT2D eigenvalue weighted by molar-refractivity contribution is 9.10. The topological polar surface area (TPSA) is 49.8 Å². The molecule has 0 atom stereocenters. The predicted octanol–water partition coefficient (Wildman–Crippen LogP) is 2.33. The van der Waals surface area contributed by atoms with Crippen molar-refractivity contribution in [3.8, 4) is 5.75 Å². The second kappa shape index (κ2) is 6.39. The molecule has 0 aliphatic rings. The number of benzene rings is 1. The molecule has 0 aromatic heterocycles. The summed E-state index contributed by atoms with van der Waals surface area (Å²) in [6.45, 7) is 5.95. The quantitative estimate of drug-likeness (QED) is 0.922. The third-order valence-corrected chi connectivity index (χ3v) is 4.64. The number of carbonyl (C=O) groups is 1. The van der Waals surface area contributed by atoms with E-state index in [-0.39, 0.29) is 5.91 Å². The van der Waals surface area contributed by atoms with E-state index in [1.54, 1.807) is 14.2 Å². The highest BCUT2D eigenvalue weighted by Gasteiger charge is 2.19. The van der Waals surface area contributed by atoms with Gasteiger partial charge in [-0.2, -0.15) is 0 Å². The summed E-state index contributed by atoms with van der Waals surface area (Å²) >= 11 is 3.58. The fourth-order valence-electron chi connectivity index (χ4n) is 2.06. The molecule has 1 aromatic carbocycles. The van der Waals surface area contributed by atoms with Crippen LogP contribution in [0.3, 0.4) is 0 Å². The van der Waals surface area contributed by atoms with Gasteiger partial charge in [0.15, 0.2) is 0 Å². The summed E-state index contributed by atoms with van der Waals surface area (Å²) in [5, 5.41) is 8.90. The zero-order chi connectivity index (χ0) is 14.7. The van der Waals surface area contributed by atoms with Crippen LogP contribution in [0.5, 0.6) is 5.75 Å². The summed E-state index contributed by atoms with van der Waals surface area (Å²) in [4.78, 5) is 13.0. The van der Waals surface area contributed by atoms with Crippen LogP contribution in [0.2, 0.25) is 0 Å². The zero-order valence-corrected chi connectivity index (χ0v) is 13.6. The Hall–Kier alpha value is -1.07. The van der Waals surface area contributed by atoms with Gasteiger partial charge in [0.25, 0.3) is 0 Å². The molecule has 0 aliphatic heterocycles. The lowest BCUT2D eigenvalue weighted by Crippen LogP contribution is -2.29. The fourth-order valence-corrected chi connectivity index (χ4v) is 2.59. The Balaban J connectivity index is 3.30. The molecule has 0 bridgehead atoms. The normalized spacial score (nSPS) is 10.5. The molecular formula is C14H20BrNO3. The Labute approximate surface area is 122 Å². The van der Waals surface area contributed by atoms with Gasteiger partial charge in [-0.1, -0.05) is 15.9 Å². The first-order chi connectivity index (χ1) is 8.84. The minimum absolute atomic E-state index is 0.309. The van der Waals surface area contributed by atoms with Crippen LogP contribution >= 0.6 is 15.9 Å². The van der Waals surface area contributed by atoms with Crippen LogP contribution in [0.15, 0.2) is 4.47 Å². The van der Waals surface area contributed by atoms with E-state index in [0.29, 0.717) is 6.54 Å². The Morgan fingerprint density at radius 2 is 1.84 bits per heavy atom. The van der Waals surface area contributed by atoms with Crippen molar-refractivity contribution < 1.29 is 14.6 Å². The number of hydrogen-bond donors (Lipinski definition) is 1. The van der Waals surface area contributed by atoms with Crippen molar-refractivity contribution in [2.75, 3.05) is 20.8 Å². The van der Waals surface area contributed by atoms with Gasteiger partial charge in [0.05, 0.1) is 7.11 Å². The van der Waals surface area contributed by atoms with E-state index in [0.717, 1.165) is 32.5 Å². The second-order valence-corrected chi connectivity index (χ2v) is 5.40. The number of halogens is 1. The van der Waals surface area contributed by atoms with Crippen molar-refractivity contribution in [3.05, 3.63) is 26.7 Å². The second-order valence-electron chi connectivity index (χ2n) is 4.61. The van der Waals surface area contributed by atoms with Crippen LogP contribution in [-0.2, 0) is 11.3 Å². The molecule has 0 fully saturated rings. The van der Waals surface area contributed by atoms with Crippen molar-refractivity contribution in [1.82, 2.24) is 4.90 Å². The molecule has 0 unspecified atom stereocenters. The lowest BCUT2D eigenvalue weighted by molar-refractivity contribution is -0.133. The molecule has 0 spiro atoms. The maximum Gasteiger partial charge on any atom is 0.248 e. The summed E-state index contributed by atoms with van der Waals surface area (Å²) < 4.78 is 6.52. The molecule has 106 valence electrons. The van der Waals surface area contributed by atoms with E-state index < -0.39 is 6.61 Å². The Kier molecular flexibility index (Phi) is 5.38. The molecule has 1 aromatic rings. The van der Waals surface area contributed by atoms with Crippen LogP contribution in [-0.4, -0.2) is 36.7 Å². The lowest BCUT2D eigenvalue weighted by Gasteiger charge is -2.23. The largest absolute Gasteiger partial charge is 0.496 e. The number of carbonyl (C=O) groups excluding carboxylic acids is 1. The maximum absolute atomic E-state index is 11.5. The number of ether oxygens (including phenoxy) is 1. The molecule has 0 saturated carbocycles. The third kappa shape index (κ3) is 3.09. The number of aliphatic hydroxyl groups excluding tert-OH is 1. The summed E-state index contributed by atoms with van der Waals surface area (Å²) in [5.41, 5.74) is 4.20. The molecule has 0 radical (unpaired) electrons. The average molecular weight is 330 g/mol. The fraction of sp³-hybridized carbons (Fsp3) is 0.500. The van der Waals surface area contributed by atoms with Crippen molar-refractivity contribution >= 4 is 21.8 Å². The zero-order valence-electron chi connectivity index (χ0n) is 12.0. The number of hydrogen-bond acceptors (Lipinski definition) is 3. The molecule has 1 amide bonds. The van der Waals surface area contributed by atoms with Crippen LogP contribution < -0.4 is 4.74 Å². The maximum atomic E-state index is 11.5. The average Bonchev–Trinajstić information content (AvgIpc) is 2.41. The van der Waals surface area contributed by atoms with Crippen molar-refractivity contribution in [2.45, 2.75) is 27.3 Å². The summed E-state index contributed by atoms with van der Waals surface area (Å²) in [6, 6.07) is 0. The van der Waals surface area contributed by atoms with Crippen molar-refractivity contribution in [3.63, 3.8) is 0 Å². The molecule has 0 saturated heterocycles. The molecule has 19 heavy (non-hydrogen) atoms. The number of aliphatic hydroxyl groups is 1. The van der Waals surface area contributed by atoms with Crippen molar-refractivity contribution in [1.29, 1.82) is 0 Å². The van der Waals surface area contributed by atoms with Crippen LogP contribution in [0.4, 0.5) is 0 Å². The highest BCUT2D eigenvalue weighted by atomic mass is 79.9. The van der Waals surface area contributed by atoms with Gasteiger partial charge >= 0.3 is 0 Å². The number of nitrogens with zero attached hydrogens (tertiary/aromatic N) is 1. The first-order valence-corrected chi connectivity index (χ1v) is 6.81. The van der Waals surface area contributed by atoms with E-state index in [9.17, 15) is 4.79 Å². The predicted molar refractivity (Wildman–Crippen MR) is 78.5 cm³/mol. The molecule has 4 nitrogen and oxygen atoms in total. The van der Waals surface area contributed by atoms with Crippen LogP contribution in [0.1, 0.15) is 22.3 Å². The van der Waals surface area contributed by atoms with E-state index in [1.165, 1.54) is 4.90 Å². The van der Waals surface area contributed by atoms with Gasteiger partial charge < -0.3 is 14.7 Å². The van der Waals surface area contributed by atoms with Gasteiger partial charge in [0.1, 0.15) is 12.4 Å². The smallest absolute Gasteiger partial charge is 0.248 e. The Morgan fingerprint density at radius 3 is 2.32 bits per heavy atom. The molecule has 0 heterocycles. The van der Waals surface area contributed by atoms with Gasteiger partial charge in [-0.3, -0.25) is 4.79 Å². The minimum Gasteiger partial charge on any atom is -0.496 e. The summed E-state index contributed by atoms with van der Waals surface area (Å²) in [7, 11) is 3.30. The van der Waals surface area contributed by atoms with Gasteiger partial charge in [-0.25, -0.2) is 0 Å². The van der Waals surface area contributed by atoms with E-state index in [4.69, 9.17) is 9.84 Å². The lowest BCUT2D eigenvalue weighted by atomic mass is 9.98. The number of methoxy groups -OCH3 is 1. The SMILES string of the molecule is COc1c(C)c(C)c(Br)c(C)c1CN(C)C(=O)CO. The van der Waals surface area contributed by atoms with E-state index in [1.807, 2.05) is 20.8 Å². The molecule has 0 aliphatic carbocycles. The van der Waals surface area contributed by atoms with Crippen LogP contribution in [0, 0.1) is 20.8 Å². The van der Waals surface area contributed by atoms with Crippen molar-refractivity contribution in [2.24, 2.45) is 0 Å².